The summed E-state index contributed by atoms with van der Waals surface area (Å²) >= 11 is 1.69. The number of likely N-dealkylation sites (N-methyl/N-ethyl adjacent to an activating group) is 1. The van der Waals surface area contributed by atoms with Gasteiger partial charge in [-0.15, -0.1) is 11.3 Å². The van der Waals surface area contributed by atoms with Crippen molar-refractivity contribution in [1.82, 2.24) is 0 Å². The second-order valence-electron chi connectivity index (χ2n) is 9.21. The number of rotatable bonds is 4. The number of amides is 1. The van der Waals surface area contributed by atoms with Gasteiger partial charge in [0.2, 0.25) is 0 Å². The van der Waals surface area contributed by atoms with E-state index in [4.69, 9.17) is 0 Å². The van der Waals surface area contributed by atoms with Gasteiger partial charge in [0.15, 0.2) is 11.2 Å². The van der Waals surface area contributed by atoms with E-state index < -0.39 is 5.41 Å². The van der Waals surface area contributed by atoms with Crippen LogP contribution in [0.1, 0.15) is 44.9 Å². The maximum Gasteiger partial charge on any atom is 0.332 e. The molecule has 0 radical (unpaired) electrons. The number of nitriles is 1. The Hall–Kier alpha value is -1.77. The maximum atomic E-state index is 13.2. The van der Waals surface area contributed by atoms with Crippen molar-refractivity contribution >= 4 is 23.0 Å². The van der Waals surface area contributed by atoms with Crippen molar-refractivity contribution in [2.24, 2.45) is 11.3 Å². The van der Waals surface area contributed by atoms with E-state index in [1.165, 1.54) is 4.88 Å². The summed E-state index contributed by atoms with van der Waals surface area (Å²) in [4.78, 5) is 26.7. The van der Waals surface area contributed by atoms with Crippen molar-refractivity contribution in [2.45, 2.75) is 51.0 Å². The molecule has 4 nitrogen and oxygen atoms in total. The maximum absolute atomic E-state index is 13.2. The zero-order chi connectivity index (χ0) is 19.0. The van der Waals surface area contributed by atoms with Crippen molar-refractivity contribution in [3.8, 4) is 6.07 Å². The normalized spacial score (nSPS) is 40.3. The Morgan fingerprint density at radius 3 is 2.65 bits per heavy atom. The summed E-state index contributed by atoms with van der Waals surface area (Å²) in [6, 6.07) is 6.18. The number of allylic oxidation sites excluding steroid dienone is 2. The lowest BCUT2D eigenvalue weighted by Gasteiger charge is -2.50. The molecule has 0 bridgehead atoms. The van der Waals surface area contributed by atoms with Crippen molar-refractivity contribution in [3.63, 3.8) is 0 Å². The number of quaternary nitrogens is 1. The summed E-state index contributed by atoms with van der Waals surface area (Å²) in [5, 5.41) is 11.3. The van der Waals surface area contributed by atoms with E-state index in [-0.39, 0.29) is 28.2 Å². The largest absolute Gasteiger partial charge is 0.332 e. The first-order chi connectivity index (χ1) is 12.1. The van der Waals surface area contributed by atoms with Gasteiger partial charge in [0.05, 0.1) is 19.2 Å². The van der Waals surface area contributed by atoms with Crippen LogP contribution in [-0.2, 0) is 15.0 Å². The minimum atomic E-state index is -0.494. The third-order valence-electron chi connectivity index (χ3n) is 7.35. The van der Waals surface area contributed by atoms with Gasteiger partial charge in [-0.3, -0.25) is 9.28 Å². The topological polar surface area (TPSA) is 57.9 Å². The quantitative estimate of drug-likeness (QED) is 0.602. The Labute approximate surface area is 158 Å². The number of thiophene rings is 1. The molecule has 136 valence electrons. The zero-order valence-electron chi connectivity index (χ0n) is 15.8. The summed E-state index contributed by atoms with van der Waals surface area (Å²) < 4.78 is 0.478. The molecule has 1 saturated carbocycles. The van der Waals surface area contributed by atoms with Crippen LogP contribution < -0.4 is 0 Å². The summed E-state index contributed by atoms with van der Waals surface area (Å²) in [7, 11) is 2.06. The van der Waals surface area contributed by atoms with Gasteiger partial charge in [0, 0.05) is 23.1 Å². The van der Waals surface area contributed by atoms with Crippen LogP contribution in [-0.4, -0.2) is 35.3 Å². The molecule has 1 aliphatic heterocycles. The van der Waals surface area contributed by atoms with Gasteiger partial charge >= 0.3 is 5.91 Å². The molecule has 26 heavy (non-hydrogen) atoms. The fraction of sp³-hybridized carbons (Fsp3) is 0.571. The van der Waals surface area contributed by atoms with E-state index in [9.17, 15) is 14.9 Å². The Morgan fingerprint density at radius 2 is 2.08 bits per heavy atom. The van der Waals surface area contributed by atoms with Crippen LogP contribution in [0.4, 0.5) is 0 Å². The van der Waals surface area contributed by atoms with E-state index in [1.54, 1.807) is 11.3 Å². The second-order valence-corrected chi connectivity index (χ2v) is 10.2. The third-order valence-corrected chi connectivity index (χ3v) is 8.38. The fourth-order valence-corrected chi connectivity index (χ4v) is 6.52. The van der Waals surface area contributed by atoms with Gasteiger partial charge in [-0.1, -0.05) is 26.0 Å². The average molecular weight is 370 g/mol. The number of carbonyl (C=O) groups excluding carboxylic acids is 2. The van der Waals surface area contributed by atoms with Gasteiger partial charge in [0.1, 0.15) is 11.6 Å². The van der Waals surface area contributed by atoms with Crippen LogP contribution >= 0.6 is 11.3 Å². The number of fused-ring (bicyclic) bond motifs is 1. The Kier molecular flexibility index (Phi) is 3.49. The van der Waals surface area contributed by atoms with Crippen molar-refractivity contribution in [3.05, 3.63) is 34.0 Å². The lowest BCUT2D eigenvalue weighted by Crippen LogP contribution is -2.73. The molecule has 1 amide bonds. The van der Waals surface area contributed by atoms with Crippen molar-refractivity contribution in [1.29, 1.82) is 5.26 Å². The zero-order valence-corrected chi connectivity index (χ0v) is 16.7. The predicted molar refractivity (Wildman–Crippen MR) is 100 cm³/mol. The number of hydrogen-bond acceptors (Lipinski definition) is 4. The van der Waals surface area contributed by atoms with Crippen LogP contribution in [0.15, 0.2) is 29.2 Å². The average Bonchev–Trinajstić information content (AvgIpc) is 2.94. The van der Waals surface area contributed by atoms with E-state index in [0.29, 0.717) is 10.4 Å². The molecule has 1 aromatic heterocycles. The first-order valence-electron chi connectivity index (χ1n) is 9.24. The molecule has 5 heteroatoms. The molecule has 4 atom stereocenters. The highest BCUT2D eigenvalue weighted by Crippen LogP contribution is 2.73. The molecule has 1 aromatic rings. The Bertz CT molecular complexity index is 878. The van der Waals surface area contributed by atoms with Gasteiger partial charge in [-0.05, 0) is 30.7 Å². The molecule has 0 N–H and O–H groups in total. The second kappa shape index (κ2) is 5.15. The van der Waals surface area contributed by atoms with Crippen LogP contribution in [0.2, 0.25) is 0 Å². The predicted octanol–water partition coefficient (Wildman–Crippen LogP) is 3.59. The Balaban J connectivity index is 1.52. The van der Waals surface area contributed by atoms with Crippen molar-refractivity contribution in [2.75, 3.05) is 13.6 Å². The minimum Gasteiger partial charge on any atom is -0.293 e. The molecule has 0 aromatic carbocycles. The lowest BCUT2D eigenvalue weighted by molar-refractivity contribution is -0.897. The minimum absolute atomic E-state index is 0.00326. The number of Topliss-reactive ketones (excluding diaryl/α,β-unsaturated/α-hetero) is 1. The molecule has 4 rings (SSSR count). The SMILES string of the molecule is CC1(C)C[C@@H](CC[N+]2(C)C(=O)C3(c4cccs4)CC32C)C=C(C#N)C1=O. The fourth-order valence-electron chi connectivity index (χ4n) is 5.47. The van der Waals surface area contributed by atoms with E-state index >= 15 is 0 Å². The standard InChI is InChI=1S/C21H25N2O2S/c1-19(2)11-14(10-15(12-22)17(19)24)7-8-23(4)18(25)21(13-20(21,23)3)16-6-5-9-26-16/h5-6,9-10,14H,7-8,11,13H2,1-4H3/q+1/t14-,20?,21?,23?/m0/s1. The number of nitrogens with zero attached hydrogens (tertiary/aromatic N) is 2. The third kappa shape index (κ3) is 1.92. The molecule has 2 aliphatic carbocycles. The van der Waals surface area contributed by atoms with Crippen molar-refractivity contribution < 1.29 is 14.1 Å². The summed E-state index contributed by atoms with van der Waals surface area (Å²) in [6.07, 6.45) is 4.35. The molecular weight excluding hydrogens is 344 g/mol. The highest BCUT2D eigenvalue weighted by Gasteiger charge is 2.93. The van der Waals surface area contributed by atoms with E-state index in [2.05, 4.69) is 26.1 Å². The van der Waals surface area contributed by atoms with E-state index in [0.717, 1.165) is 25.8 Å². The smallest absolute Gasteiger partial charge is 0.293 e. The van der Waals surface area contributed by atoms with Gasteiger partial charge < -0.3 is 0 Å². The summed E-state index contributed by atoms with van der Waals surface area (Å²) in [6.45, 7) is 6.84. The number of likely N-dealkylation sites (tertiary alicyclic amines) is 1. The number of hydrogen-bond donors (Lipinski definition) is 0. The molecule has 3 unspecified atom stereocenters. The molecule has 1 saturated heterocycles. The molecule has 0 spiro atoms. The monoisotopic (exact) mass is 369 g/mol. The Morgan fingerprint density at radius 1 is 1.35 bits per heavy atom. The van der Waals surface area contributed by atoms with E-state index in [1.807, 2.05) is 31.4 Å². The lowest BCUT2D eigenvalue weighted by atomic mass is 9.71. The van der Waals surface area contributed by atoms with Gasteiger partial charge in [0.25, 0.3) is 0 Å². The number of ketones is 1. The first-order valence-corrected chi connectivity index (χ1v) is 10.1. The van der Waals surface area contributed by atoms with Crippen LogP contribution in [0.25, 0.3) is 0 Å². The summed E-state index contributed by atoms with van der Waals surface area (Å²) in [5.41, 5.74) is -0.469. The van der Waals surface area contributed by atoms with Gasteiger partial charge in [-0.25, -0.2) is 4.79 Å². The number of carbonyl (C=O) groups is 2. The molecule has 2 fully saturated rings. The molecule has 3 aliphatic rings. The highest BCUT2D eigenvalue weighted by atomic mass is 32.1. The van der Waals surface area contributed by atoms with Crippen LogP contribution in [0.5, 0.6) is 0 Å². The number of β-lactam (4-membered cyclic amide) rings is 1. The van der Waals surface area contributed by atoms with Crippen LogP contribution in [0, 0.1) is 22.7 Å². The summed E-state index contributed by atoms with van der Waals surface area (Å²) in [5.74, 6) is 0.458. The highest BCUT2D eigenvalue weighted by molar-refractivity contribution is 7.10. The van der Waals surface area contributed by atoms with Gasteiger partial charge in [-0.2, -0.15) is 5.26 Å². The molecular formula is C21H25N2O2S+. The first kappa shape index (κ1) is 17.6. The molecule has 2 heterocycles. The van der Waals surface area contributed by atoms with Crippen LogP contribution in [0.3, 0.4) is 0 Å².